The van der Waals surface area contributed by atoms with Crippen molar-refractivity contribution >= 4 is 11.5 Å². The summed E-state index contributed by atoms with van der Waals surface area (Å²) < 4.78 is 0. The van der Waals surface area contributed by atoms with Gasteiger partial charge in [0, 0.05) is 23.8 Å². The summed E-state index contributed by atoms with van der Waals surface area (Å²) in [6, 6.07) is 8.21. The third-order valence-corrected chi connectivity index (χ3v) is 2.47. The van der Waals surface area contributed by atoms with E-state index in [0.717, 1.165) is 17.8 Å². The molecule has 15 heavy (non-hydrogen) atoms. The lowest BCUT2D eigenvalue weighted by Gasteiger charge is -2.29. The zero-order chi connectivity index (χ0) is 11.4. The molecule has 3 N–H and O–H groups in total. The molecule has 0 aliphatic heterocycles. The van der Waals surface area contributed by atoms with Crippen LogP contribution in [0.5, 0.6) is 0 Å². The summed E-state index contributed by atoms with van der Waals surface area (Å²) in [6.45, 7) is 7.31. The van der Waals surface area contributed by atoms with E-state index in [1.54, 1.807) is 0 Å². The fourth-order valence-electron chi connectivity index (χ4n) is 1.77. The lowest BCUT2D eigenvalue weighted by molar-refractivity contribution is 0.703. The number of nitrogens with two attached hydrogens (primary N) is 1. The van der Waals surface area contributed by atoms with Gasteiger partial charge in [-0.2, -0.15) is 0 Å². The van der Waals surface area contributed by atoms with Crippen LogP contribution in [0.3, 0.4) is 0 Å². The van der Waals surface area contributed by atoms with Crippen molar-refractivity contribution in [2.75, 3.05) is 11.4 Å². The van der Waals surface area contributed by atoms with E-state index >= 15 is 0 Å². The molecule has 0 aliphatic carbocycles. The molecule has 0 fully saturated rings. The molecule has 0 bridgehead atoms. The van der Waals surface area contributed by atoms with Gasteiger partial charge in [0.1, 0.15) is 5.84 Å². The van der Waals surface area contributed by atoms with Gasteiger partial charge in [0.2, 0.25) is 0 Å². The maximum Gasteiger partial charge on any atom is 0.124 e. The van der Waals surface area contributed by atoms with Crippen LogP contribution < -0.4 is 10.6 Å². The zero-order valence-corrected chi connectivity index (χ0v) is 9.62. The molecule has 3 heteroatoms. The van der Waals surface area contributed by atoms with Crippen LogP contribution in [0.25, 0.3) is 0 Å². The summed E-state index contributed by atoms with van der Waals surface area (Å²) in [5.41, 5.74) is 7.42. The van der Waals surface area contributed by atoms with Crippen molar-refractivity contribution in [2.45, 2.75) is 26.8 Å². The number of para-hydroxylation sites is 1. The minimum atomic E-state index is 0.129. The topological polar surface area (TPSA) is 53.1 Å². The Morgan fingerprint density at radius 2 is 2.00 bits per heavy atom. The summed E-state index contributed by atoms with van der Waals surface area (Å²) in [6.07, 6.45) is 0. The second-order valence-corrected chi connectivity index (χ2v) is 3.81. The largest absolute Gasteiger partial charge is 0.384 e. The Labute approximate surface area is 91.4 Å². The molecule has 0 atom stereocenters. The van der Waals surface area contributed by atoms with Crippen LogP contribution in [0.2, 0.25) is 0 Å². The molecule has 0 saturated heterocycles. The van der Waals surface area contributed by atoms with Crippen molar-refractivity contribution in [3.05, 3.63) is 29.8 Å². The molecule has 0 unspecified atom stereocenters. The number of benzene rings is 1. The molecule has 1 rings (SSSR count). The van der Waals surface area contributed by atoms with E-state index in [1.807, 2.05) is 24.3 Å². The molecule has 0 radical (unpaired) electrons. The smallest absolute Gasteiger partial charge is 0.124 e. The number of nitrogen functional groups attached to an aromatic ring is 1. The highest BCUT2D eigenvalue weighted by Crippen LogP contribution is 2.21. The van der Waals surface area contributed by atoms with Crippen LogP contribution in [0.1, 0.15) is 26.3 Å². The van der Waals surface area contributed by atoms with E-state index in [4.69, 9.17) is 11.1 Å². The monoisotopic (exact) mass is 205 g/mol. The average Bonchev–Trinajstić information content (AvgIpc) is 2.18. The van der Waals surface area contributed by atoms with Crippen LogP contribution in [-0.2, 0) is 0 Å². The number of anilines is 1. The maximum atomic E-state index is 7.54. The highest BCUT2D eigenvalue weighted by Gasteiger charge is 2.13. The van der Waals surface area contributed by atoms with Gasteiger partial charge >= 0.3 is 0 Å². The second kappa shape index (κ2) is 4.82. The molecule has 0 aliphatic rings. The Kier molecular flexibility index (Phi) is 3.72. The number of amidine groups is 1. The van der Waals surface area contributed by atoms with Crippen molar-refractivity contribution in [3.8, 4) is 0 Å². The van der Waals surface area contributed by atoms with Gasteiger partial charge in [0.25, 0.3) is 0 Å². The lowest BCUT2D eigenvalue weighted by atomic mass is 10.1. The molecule has 1 aromatic carbocycles. The summed E-state index contributed by atoms with van der Waals surface area (Å²) >= 11 is 0. The SMILES string of the molecule is CCN(c1ccccc1C(=N)N)C(C)C. The Balaban J connectivity index is 3.16. The van der Waals surface area contributed by atoms with Crippen LogP contribution in [0.15, 0.2) is 24.3 Å². The molecule has 1 aromatic rings. The second-order valence-electron chi connectivity index (χ2n) is 3.81. The molecule has 0 spiro atoms. The van der Waals surface area contributed by atoms with Gasteiger partial charge in [-0.1, -0.05) is 12.1 Å². The van der Waals surface area contributed by atoms with E-state index in [1.165, 1.54) is 0 Å². The van der Waals surface area contributed by atoms with Crippen molar-refractivity contribution in [2.24, 2.45) is 5.73 Å². The van der Waals surface area contributed by atoms with Crippen molar-refractivity contribution < 1.29 is 0 Å². The van der Waals surface area contributed by atoms with Crippen LogP contribution in [0, 0.1) is 5.41 Å². The van der Waals surface area contributed by atoms with Crippen LogP contribution in [-0.4, -0.2) is 18.4 Å². The highest BCUT2D eigenvalue weighted by atomic mass is 15.1. The first-order valence-corrected chi connectivity index (χ1v) is 5.28. The first kappa shape index (κ1) is 11.6. The zero-order valence-electron chi connectivity index (χ0n) is 9.62. The Morgan fingerprint density at radius 1 is 1.40 bits per heavy atom. The predicted molar refractivity (Wildman–Crippen MR) is 65.6 cm³/mol. The van der Waals surface area contributed by atoms with Crippen molar-refractivity contribution in [1.29, 1.82) is 5.41 Å². The average molecular weight is 205 g/mol. The summed E-state index contributed by atoms with van der Waals surface area (Å²) in [4.78, 5) is 2.23. The molecule has 82 valence electrons. The van der Waals surface area contributed by atoms with Gasteiger partial charge < -0.3 is 10.6 Å². The molecule has 0 heterocycles. The quantitative estimate of drug-likeness (QED) is 0.585. The third kappa shape index (κ3) is 2.49. The number of rotatable bonds is 4. The van der Waals surface area contributed by atoms with Crippen LogP contribution in [0.4, 0.5) is 5.69 Å². The molecule has 3 nitrogen and oxygen atoms in total. The normalized spacial score (nSPS) is 10.4. The van der Waals surface area contributed by atoms with Gasteiger partial charge in [-0.05, 0) is 32.9 Å². The maximum absolute atomic E-state index is 7.54. The number of nitrogens with zero attached hydrogens (tertiary/aromatic N) is 1. The van der Waals surface area contributed by atoms with E-state index in [0.29, 0.717) is 6.04 Å². The molecule has 0 amide bonds. The Hall–Kier alpha value is -1.51. The van der Waals surface area contributed by atoms with Gasteiger partial charge in [-0.25, -0.2) is 0 Å². The van der Waals surface area contributed by atoms with Gasteiger partial charge in [-0.15, -0.1) is 0 Å². The molecular formula is C12H19N3. The summed E-state index contributed by atoms with van der Waals surface area (Å²) in [7, 11) is 0. The third-order valence-electron chi connectivity index (χ3n) is 2.47. The fourth-order valence-corrected chi connectivity index (χ4v) is 1.77. The van der Waals surface area contributed by atoms with Crippen molar-refractivity contribution in [3.63, 3.8) is 0 Å². The van der Waals surface area contributed by atoms with Gasteiger partial charge in [0.05, 0.1) is 0 Å². The van der Waals surface area contributed by atoms with E-state index < -0.39 is 0 Å². The molecule has 0 saturated carbocycles. The summed E-state index contributed by atoms with van der Waals surface area (Å²) in [5, 5.41) is 7.54. The first-order chi connectivity index (χ1) is 7.07. The van der Waals surface area contributed by atoms with Gasteiger partial charge in [-0.3, -0.25) is 5.41 Å². The van der Waals surface area contributed by atoms with Crippen LogP contribution >= 0.6 is 0 Å². The lowest BCUT2D eigenvalue weighted by Crippen LogP contribution is -2.32. The van der Waals surface area contributed by atoms with E-state index in [-0.39, 0.29) is 5.84 Å². The number of nitrogens with one attached hydrogen (secondary N) is 1. The minimum Gasteiger partial charge on any atom is -0.384 e. The standard InChI is InChI=1S/C12H19N3/c1-4-15(9(2)3)11-8-6-5-7-10(11)12(13)14/h5-9H,4H2,1-3H3,(H3,13,14). The molecule has 0 aromatic heterocycles. The fraction of sp³-hybridized carbons (Fsp3) is 0.417. The van der Waals surface area contributed by atoms with Crippen molar-refractivity contribution in [1.82, 2.24) is 0 Å². The van der Waals surface area contributed by atoms with Gasteiger partial charge in [0.15, 0.2) is 0 Å². The summed E-state index contributed by atoms with van der Waals surface area (Å²) in [5.74, 6) is 0.129. The first-order valence-electron chi connectivity index (χ1n) is 5.28. The minimum absolute atomic E-state index is 0.129. The number of hydrogen-bond donors (Lipinski definition) is 2. The molecular weight excluding hydrogens is 186 g/mol. The Morgan fingerprint density at radius 3 is 2.47 bits per heavy atom. The number of hydrogen-bond acceptors (Lipinski definition) is 2. The Bertz CT molecular complexity index is 344. The van der Waals surface area contributed by atoms with E-state index in [9.17, 15) is 0 Å². The van der Waals surface area contributed by atoms with E-state index in [2.05, 4.69) is 25.7 Å². The predicted octanol–water partition coefficient (Wildman–Crippen LogP) is 2.21. The highest BCUT2D eigenvalue weighted by molar-refractivity contribution is 6.00.